The Bertz CT molecular complexity index is 637. The van der Waals surface area contributed by atoms with Gasteiger partial charge in [-0.1, -0.05) is 15.9 Å². The van der Waals surface area contributed by atoms with E-state index in [2.05, 4.69) is 21.4 Å². The first-order chi connectivity index (χ1) is 10.1. The van der Waals surface area contributed by atoms with Crippen LogP contribution in [0.4, 0.5) is 4.39 Å². The van der Waals surface area contributed by atoms with Gasteiger partial charge in [0.2, 0.25) is 0 Å². The predicted octanol–water partition coefficient (Wildman–Crippen LogP) is 3.16. The first-order valence-corrected chi connectivity index (χ1v) is 7.03. The van der Waals surface area contributed by atoms with Crippen LogP contribution >= 0.6 is 15.9 Å². The van der Waals surface area contributed by atoms with E-state index in [0.29, 0.717) is 17.1 Å². The van der Waals surface area contributed by atoms with Crippen molar-refractivity contribution in [3.8, 4) is 11.5 Å². The fraction of sp³-hybridized carbons (Fsp3) is 0.200. The molecule has 0 saturated carbocycles. The molecule has 6 heteroatoms. The maximum absolute atomic E-state index is 14.1. The third-order valence-electron chi connectivity index (χ3n) is 3.19. The van der Waals surface area contributed by atoms with Crippen molar-refractivity contribution in [1.82, 2.24) is 5.43 Å². The molecule has 0 aliphatic heterocycles. The van der Waals surface area contributed by atoms with Crippen molar-refractivity contribution in [2.75, 3.05) is 14.2 Å². The van der Waals surface area contributed by atoms with Crippen LogP contribution < -0.4 is 20.7 Å². The van der Waals surface area contributed by atoms with Crippen LogP contribution in [0.15, 0.2) is 40.9 Å². The first-order valence-electron chi connectivity index (χ1n) is 6.23. The molecule has 0 heterocycles. The minimum atomic E-state index is -0.539. The minimum absolute atomic E-state index is 0.348. The fourth-order valence-electron chi connectivity index (χ4n) is 2.14. The molecule has 0 bridgehead atoms. The molecule has 0 amide bonds. The van der Waals surface area contributed by atoms with Gasteiger partial charge in [0.25, 0.3) is 0 Å². The molecule has 0 aliphatic carbocycles. The molecule has 0 spiro atoms. The molecule has 0 radical (unpaired) electrons. The van der Waals surface area contributed by atoms with E-state index in [-0.39, 0.29) is 5.82 Å². The highest BCUT2D eigenvalue weighted by atomic mass is 79.9. The van der Waals surface area contributed by atoms with Gasteiger partial charge in [-0.15, -0.1) is 0 Å². The first kappa shape index (κ1) is 15.8. The Kier molecular flexibility index (Phi) is 5.17. The highest BCUT2D eigenvalue weighted by Gasteiger charge is 2.21. The molecule has 112 valence electrons. The Morgan fingerprint density at radius 2 is 1.86 bits per heavy atom. The summed E-state index contributed by atoms with van der Waals surface area (Å²) in [5.74, 6) is 6.50. The van der Waals surface area contributed by atoms with Crippen LogP contribution in [0.1, 0.15) is 17.2 Å². The summed E-state index contributed by atoms with van der Waals surface area (Å²) in [6.07, 6.45) is 0. The van der Waals surface area contributed by atoms with Gasteiger partial charge in [-0.3, -0.25) is 5.84 Å². The predicted molar refractivity (Wildman–Crippen MR) is 82.8 cm³/mol. The lowest BCUT2D eigenvalue weighted by molar-refractivity contribution is 0.387. The lowest BCUT2D eigenvalue weighted by atomic mass is 9.97. The zero-order valence-corrected chi connectivity index (χ0v) is 13.3. The van der Waals surface area contributed by atoms with Gasteiger partial charge in [0.15, 0.2) is 0 Å². The Labute approximate surface area is 131 Å². The zero-order valence-electron chi connectivity index (χ0n) is 11.7. The van der Waals surface area contributed by atoms with Crippen LogP contribution in [-0.2, 0) is 0 Å². The van der Waals surface area contributed by atoms with E-state index in [1.54, 1.807) is 44.6 Å². The third-order valence-corrected chi connectivity index (χ3v) is 3.68. The van der Waals surface area contributed by atoms with E-state index in [1.807, 2.05) is 0 Å². The van der Waals surface area contributed by atoms with Crippen LogP contribution in [0.25, 0.3) is 0 Å². The summed E-state index contributed by atoms with van der Waals surface area (Å²) in [7, 11) is 3.12. The molecular weight excluding hydrogens is 339 g/mol. The number of ether oxygens (including phenoxy) is 2. The van der Waals surface area contributed by atoms with E-state index >= 15 is 0 Å². The molecular formula is C15H16BrFN2O2. The van der Waals surface area contributed by atoms with Crippen molar-refractivity contribution in [3.63, 3.8) is 0 Å². The van der Waals surface area contributed by atoms with Gasteiger partial charge >= 0.3 is 0 Å². The van der Waals surface area contributed by atoms with E-state index < -0.39 is 6.04 Å². The molecule has 2 rings (SSSR count). The number of benzene rings is 2. The molecule has 0 aromatic heterocycles. The molecule has 0 aliphatic rings. The lowest BCUT2D eigenvalue weighted by Gasteiger charge is -2.21. The van der Waals surface area contributed by atoms with E-state index in [0.717, 1.165) is 10.0 Å². The number of hydrazine groups is 1. The van der Waals surface area contributed by atoms with Crippen LogP contribution in [-0.4, -0.2) is 14.2 Å². The maximum Gasteiger partial charge on any atom is 0.128 e. The molecule has 21 heavy (non-hydrogen) atoms. The fourth-order valence-corrected chi connectivity index (χ4v) is 2.52. The van der Waals surface area contributed by atoms with Crippen molar-refractivity contribution in [2.45, 2.75) is 6.04 Å². The van der Waals surface area contributed by atoms with Gasteiger partial charge in [-0.2, -0.15) is 0 Å². The Balaban J connectivity index is 2.53. The maximum atomic E-state index is 14.1. The molecule has 2 aromatic carbocycles. The number of rotatable bonds is 5. The van der Waals surface area contributed by atoms with Crippen LogP contribution in [0.5, 0.6) is 11.5 Å². The zero-order chi connectivity index (χ0) is 15.4. The number of nitrogens with one attached hydrogen (secondary N) is 1. The van der Waals surface area contributed by atoms with Gasteiger partial charge < -0.3 is 9.47 Å². The smallest absolute Gasteiger partial charge is 0.128 e. The SMILES string of the molecule is COc1ccc(C(NN)c2cc(Br)ccc2F)c(OC)c1. The van der Waals surface area contributed by atoms with Crippen molar-refractivity contribution < 1.29 is 13.9 Å². The van der Waals surface area contributed by atoms with Crippen molar-refractivity contribution in [1.29, 1.82) is 0 Å². The summed E-state index contributed by atoms with van der Waals surface area (Å²) in [5, 5.41) is 0. The molecule has 4 nitrogen and oxygen atoms in total. The Morgan fingerprint density at radius 3 is 2.48 bits per heavy atom. The Hall–Kier alpha value is -1.63. The standard InChI is InChI=1S/C15H16BrFN2O2/c1-20-10-4-5-11(14(8-10)21-2)15(19-18)12-7-9(16)3-6-13(12)17/h3-8,15,19H,18H2,1-2H3. The largest absolute Gasteiger partial charge is 0.497 e. The van der Waals surface area contributed by atoms with Crippen molar-refractivity contribution in [3.05, 3.63) is 57.8 Å². The number of nitrogens with two attached hydrogens (primary N) is 1. The normalized spacial score (nSPS) is 12.0. The summed E-state index contributed by atoms with van der Waals surface area (Å²) in [6.45, 7) is 0. The molecule has 0 saturated heterocycles. The monoisotopic (exact) mass is 354 g/mol. The summed E-state index contributed by atoms with van der Waals surface area (Å²) >= 11 is 3.34. The molecule has 1 unspecified atom stereocenters. The summed E-state index contributed by atoms with van der Waals surface area (Å²) in [6, 6.07) is 9.47. The average molecular weight is 355 g/mol. The summed E-state index contributed by atoms with van der Waals surface area (Å²) < 4.78 is 25.4. The van der Waals surface area contributed by atoms with Crippen molar-refractivity contribution in [2.24, 2.45) is 5.84 Å². The second kappa shape index (κ2) is 6.89. The minimum Gasteiger partial charge on any atom is -0.497 e. The number of hydrogen-bond acceptors (Lipinski definition) is 4. The van der Waals surface area contributed by atoms with E-state index in [9.17, 15) is 4.39 Å². The second-order valence-corrected chi connectivity index (χ2v) is 5.29. The second-order valence-electron chi connectivity index (χ2n) is 4.37. The third kappa shape index (κ3) is 3.34. The number of methoxy groups -OCH3 is 2. The van der Waals surface area contributed by atoms with Gasteiger partial charge in [-0.05, 0) is 30.3 Å². The lowest BCUT2D eigenvalue weighted by Crippen LogP contribution is -2.30. The number of halogens is 2. The van der Waals surface area contributed by atoms with Gasteiger partial charge in [0, 0.05) is 21.7 Å². The van der Waals surface area contributed by atoms with Gasteiger partial charge in [0.1, 0.15) is 17.3 Å². The molecule has 2 aromatic rings. The van der Waals surface area contributed by atoms with Crippen molar-refractivity contribution >= 4 is 15.9 Å². The molecule has 1 atom stereocenters. The molecule has 3 N–H and O–H groups in total. The average Bonchev–Trinajstić information content (AvgIpc) is 2.51. The topological polar surface area (TPSA) is 56.5 Å². The highest BCUT2D eigenvalue weighted by molar-refractivity contribution is 9.10. The van der Waals surface area contributed by atoms with Gasteiger partial charge in [-0.25, -0.2) is 9.82 Å². The molecule has 0 fully saturated rings. The van der Waals surface area contributed by atoms with Gasteiger partial charge in [0.05, 0.1) is 20.3 Å². The van der Waals surface area contributed by atoms with Crippen LogP contribution in [0, 0.1) is 5.82 Å². The quantitative estimate of drug-likeness (QED) is 0.639. The Morgan fingerprint density at radius 1 is 1.10 bits per heavy atom. The van der Waals surface area contributed by atoms with E-state index in [4.69, 9.17) is 15.3 Å². The summed E-state index contributed by atoms with van der Waals surface area (Å²) in [5.41, 5.74) is 3.78. The van der Waals surface area contributed by atoms with E-state index in [1.165, 1.54) is 6.07 Å². The summed E-state index contributed by atoms with van der Waals surface area (Å²) in [4.78, 5) is 0. The number of hydrogen-bond donors (Lipinski definition) is 2. The van der Waals surface area contributed by atoms with Crippen LogP contribution in [0.3, 0.4) is 0 Å². The highest BCUT2D eigenvalue weighted by Crippen LogP contribution is 2.34. The van der Waals surface area contributed by atoms with Crippen LogP contribution in [0.2, 0.25) is 0 Å².